The van der Waals surface area contributed by atoms with Crippen molar-refractivity contribution < 1.29 is 31.5 Å². The Morgan fingerprint density at radius 3 is 2.40 bits per heavy atom. The van der Waals surface area contributed by atoms with E-state index in [1.807, 2.05) is 0 Å². The minimum Gasteiger partial charge on any atom is -0.486 e. The summed E-state index contributed by atoms with van der Waals surface area (Å²) in [5.41, 5.74) is 7.27. The summed E-state index contributed by atoms with van der Waals surface area (Å²) in [6.07, 6.45) is -5.71. The van der Waals surface area contributed by atoms with Crippen molar-refractivity contribution in [1.82, 2.24) is 9.78 Å². The van der Waals surface area contributed by atoms with E-state index in [2.05, 4.69) is 5.10 Å². The maximum Gasteiger partial charge on any atom is 0.456 e. The molecule has 0 aliphatic rings. The molecule has 1 aromatic heterocycles. The highest BCUT2D eigenvalue weighted by Crippen LogP contribution is 2.37. The Balaban J connectivity index is 1.95. The summed E-state index contributed by atoms with van der Waals surface area (Å²) in [5.74, 6) is -5.81. The Bertz CT molecular complexity index is 1080. The number of aryl methyl sites for hydroxylation is 1. The summed E-state index contributed by atoms with van der Waals surface area (Å²) in [7, 11) is 0. The van der Waals surface area contributed by atoms with Crippen molar-refractivity contribution in [3.05, 3.63) is 66.0 Å². The van der Waals surface area contributed by atoms with Crippen LogP contribution in [-0.2, 0) is 0 Å². The second kappa shape index (κ2) is 7.77. The van der Waals surface area contributed by atoms with Crippen LogP contribution in [0.4, 0.5) is 22.0 Å². The third-order valence-corrected chi connectivity index (χ3v) is 4.25. The summed E-state index contributed by atoms with van der Waals surface area (Å²) < 4.78 is 70.1. The van der Waals surface area contributed by atoms with Crippen molar-refractivity contribution in [3.63, 3.8) is 0 Å². The van der Waals surface area contributed by atoms with Crippen LogP contribution in [-0.4, -0.2) is 34.4 Å². The van der Waals surface area contributed by atoms with Crippen LogP contribution in [0.5, 0.6) is 5.75 Å². The van der Waals surface area contributed by atoms with Crippen molar-refractivity contribution in [1.29, 1.82) is 0 Å². The number of alkyl halides is 5. The highest BCUT2D eigenvalue weighted by atomic mass is 19.4. The molecule has 0 saturated heterocycles. The zero-order valence-corrected chi connectivity index (χ0v) is 15.6. The number of halogens is 5. The number of nitrogens with two attached hydrogens (primary N) is 1. The second-order valence-electron chi connectivity index (χ2n) is 6.48. The first-order valence-corrected chi connectivity index (χ1v) is 8.63. The standard InChI is InChI=1S/C20H16F5N3O2/c1-12-9-16(18(26)29)27-28(12)14-6-4-5-13(10-14)15-7-2-3-8-17(15)30-11-19(21,22)20(23,24)25/h2-10H,11H2,1H3,(H2,26,29). The lowest BCUT2D eigenvalue weighted by Crippen LogP contribution is -2.41. The van der Waals surface area contributed by atoms with E-state index >= 15 is 0 Å². The molecule has 158 valence electrons. The van der Waals surface area contributed by atoms with Gasteiger partial charge >= 0.3 is 12.1 Å². The number of ether oxygens (including phenoxy) is 1. The van der Waals surface area contributed by atoms with Gasteiger partial charge in [0.05, 0.1) is 5.69 Å². The second-order valence-corrected chi connectivity index (χ2v) is 6.48. The Morgan fingerprint density at radius 2 is 1.77 bits per heavy atom. The van der Waals surface area contributed by atoms with E-state index in [4.69, 9.17) is 10.5 Å². The molecule has 0 radical (unpaired) electrons. The van der Waals surface area contributed by atoms with Gasteiger partial charge in [-0.05, 0) is 36.8 Å². The Morgan fingerprint density at radius 1 is 1.07 bits per heavy atom. The lowest BCUT2D eigenvalue weighted by atomic mass is 10.0. The first-order valence-electron chi connectivity index (χ1n) is 8.63. The molecular weight excluding hydrogens is 409 g/mol. The van der Waals surface area contributed by atoms with Crippen LogP contribution < -0.4 is 10.5 Å². The van der Waals surface area contributed by atoms with Gasteiger partial charge in [-0.15, -0.1) is 0 Å². The Kier molecular flexibility index (Phi) is 5.51. The maximum absolute atomic E-state index is 13.2. The third-order valence-electron chi connectivity index (χ3n) is 4.25. The van der Waals surface area contributed by atoms with Crippen LogP contribution in [0, 0.1) is 6.92 Å². The van der Waals surface area contributed by atoms with Gasteiger partial charge in [-0.2, -0.15) is 27.1 Å². The van der Waals surface area contributed by atoms with Crippen LogP contribution in [0.3, 0.4) is 0 Å². The zero-order chi connectivity index (χ0) is 22.1. The normalized spacial score (nSPS) is 12.1. The van der Waals surface area contributed by atoms with Crippen LogP contribution >= 0.6 is 0 Å². The molecule has 0 aliphatic carbocycles. The van der Waals surface area contributed by atoms with E-state index in [1.165, 1.54) is 28.9 Å². The van der Waals surface area contributed by atoms with Gasteiger partial charge in [0.2, 0.25) is 0 Å². The van der Waals surface area contributed by atoms with Gasteiger partial charge in [-0.1, -0.05) is 30.3 Å². The van der Waals surface area contributed by atoms with Gasteiger partial charge in [-0.25, -0.2) is 4.68 Å². The van der Waals surface area contributed by atoms with Crippen molar-refractivity contribution in [2.45, 2.75) is 19.0 Å². The van der Waals surface area contributed by atoms with E-state index in [0.29, 0.717) is 22.5 Å². The zero-order valence-electron chi connectivity index (χ0n) is 15.6. The molecule has 0 atom stereocenters. The SMILES string of the molecule is Cc1cc(C(N)=O)nn1-c1cccc(-c2ccccc2OCC(F)(F)C(F)(F)F)c1. The van der Waals surface area contributed by atoms with E-state index < -0.39 is 24.6 Å². The third kappa shape index (κ3) is 4.27. The van der Waals surface area contributed by atoms with Crippen LogP contribution in [0.1, 0.15) is 16.2 Å². The number of rotatable bonds is 6. The van der Waals surface area contributed by atoms with E-state index in [9.17, 15) is 26.7 Å². The molecule has 0 saturated carbocycles. The number of nitrogens with zero attached hydrogens (tertiary/aromatic N) is 2. The predicted molar refractivity (Wildman–Crippen MR) is 98.8 cm³/mol. The molecular formula is C20H16F5N3O2. The molecule has 3 rings (SSSR count). The number of benzene rings is 2. The lowest BCUT2D eigenvalue weighted by molar-refractivity contribution is -0.289. The van der Waals surface area contributed by atoms with Gasteiger partial charge in [0.25, 0.3) is 5.91 Å². The van der Waals surface area contributed by atoms with E-state index in [1.54, 1.807) is 37.3 Å². The van der Waals surface area contributed by atoms with Crippen molar-refractivity contribution in [3.8, 4) is 22.6 Å². The molecule has 10 heteroatoms. The largest absolute Gasteiger partial charge is 0.486 e. The number of aromatic nitrogens is 2. The molecule has 2 aromatic carbocycles. The average molecular weight is 425 g/mol. The first-order chi connectivity index (χ1) is 14.0. The Labute approximate surface area is 167 Å². The van der Waals surface area contributed by atoms with Crippen LogP contribution in [0.15, 0.2) is 54.6 Å². The Hall–Kier alpha value is -3.43. The first kappa shape index (κ1) is 21.3. The molecule has 0 aliphatic heterocycles. The average Bonchev–Trinajstić information content (AvgIpc) is 3.08. The van der Waals surface area contributed by atoms with Gasteiger partial charge in [0.15, 0.2) is 12.3 Å². The van der Waals surface area contributed by atoms with Gasteiger partial charge in [-0.3, -0.25) is 4.79 Å². The number of carbonyl (C=O) groups excluding carboxylic acids is 1. The molecule has 3 aromatic rings. The smallest absolute Gasteiger partial charge is 0.456 e. The van der Waals surface area contributed by atoms with Crippen molar-refractivity contribution in [2.75, 3.05) is 6.61 Å². The maximum atomic E-state index is 13.2. The lowest BCUT2D eigenvalue weighted by Gasteiger charge is -2.21. The van der Waals surface area contributed by atoms with Crippen molar-refractivity contribution in [2.24, 2.45) is 5.73 Å². The number of carbonyl (C=O) groups is 1. The van der Waals surface area contributed by atoms with E-state index in [-0.39, 0.29) is 11.4 Å². The number of primary amides is 1. The monoisotopic (exact) mass is 425 g/mol. The highest BCUT2D eigenvalue weighted by Gasteiger charge is 2.58. The fourth-order valence-electron chi connectivity index (χ4n) is 2.74. The molecule has 1 amide bonds. The van der Waals surface area contributed by atoms with Crippen molar-refractivity contribution >= 4 is 5.91 Å². The van der Waals surface area contributed by atoms with Crippen LogP contribution in [0.25, 0.3) is 16.8 Å². The number of para-hydroxylation sites is 1. The van der Waals surface area contributed by atoms with E-state index in [0.717, 1.165) is 0 Å². The molecule has 0 bridgehead atoms. The summed E-state index contributed by atoms with van der Waals surface area (Å²) in [6, 6.07) is 14.0. The summed E-state index contributed by atoms with van der Waals surface area (Å²) in [4.78, 5) is 11.3. The van der Waals surface area contributed by atoms with Gasteiger partial charge in [0.1, 0.15) is 5.75 Å². The summed E-state index contributed by atoms with van der Waals surface area (Å²) in [5, 5.41) is 4.12. The number of hydrogen-bond donors (Lipinski definition) is 1. The van der Waals surface area contributed by atoms with Gasteiger partial charge in [0, 0.05) is 11.3 Å². The number of hydrogen-bond acceptors (Lipinski definition) is 3. The predicted octanol–water partition coefficient (Wildman–Crippen LogP) is 4.52. The molecule has 0 unspecified atom stereocenters. The molecule has 0 spiro atoms. The summed E-state index contributed by atoms with van der Waals surface area (Å²) >= 11 is 0. The topological polar surface area (TPSA) is 70.1 Å². The minimum absolute atomic E-state index is 0.0658. The fraction of sp³-hybridized carbons (Fsp3) is 0.200. The fourth-order valence-corrected chi connectivity index (χ4v) is 2.74. The molecule has 30 heavy (non-hydrogen) atoms. The molecule has 2 N–H and O–H groups in total. The van der Waals surface area contributed by atoms with Crippen LogP contribution in [0.2, 0.25) is 0 Å². The summed E-state index contributed by atoms with van der Waals surface area (Å²) in [6.45, 7) is -0.129. The van der Waals surface area contributed by atoms with Gasteiger partial charge < -0.3 is 10.5 Å². The minimum atomic E-state index is -5.71. The highest BCUT2D eigenvalue weighted by molar-refractivity contribution is 5.90. The molecule has 5 nitrogen and oxygen atoms in total. The quantitative estimate of drug-likeness (QED) is 0.591. The molecule has 0 fully saturated rings. The molecule has 1 heterocycles. The number of amides is 1.